The molecule has 0 aliphatic carbocycles. The SMILES string of the molecule is CC1(c2cccc(=O)[nH]2)CCNC1. The van der Waals surface area contributed by atoms with E-state index in [-0.39, 0.29) is 11.0 Å². The van der Waals surface area contributed by atoms with Gasteiger partial charge in [-0.15, -0.1) is 0 Å². The highest BCUT2D eigenvalue weighted by Gasteiger charge is 2.30. The van der Waals surface area contributed by atoms with E-state index in [1.165, 1.54) is 0 Å². The van der Waals surface area contributed by atoms with Gasteiger partial charge in [-0.3, -0.25) is 4.79 Å². The highest BCUT2D eigenvalue weighted by atomic mass is 16.1. The number of aromatic amines is 1. The van der Waals surface area contributed by atoms with Crippen LogP contribution in [0, 0.1) is 0 Å². The lowest BCUT2D eigenvalue weighted by molar-refractivity contribution is 0.506. The van der Waals surface area contributed by atoms with Gasteiger partial charge in [0.1, 0.15) is 0 Å². The number of nitrogens with one attached hydrogen (secondary N) is 2. The van der Waals surface area contributed by atoms with Gasteiger partial charge in [-0.05, 0) is 19.0 Å². The second-order valence-electron chi connectivity index (χ2n) is 3.92. The Labute approximate surface area is 77.2 Å². The van der Waals surface area contributed by atoms with Crippen LogP contribution in [0.4, 0.5) is 0 Å². The average Bonchev–Trinajstić information content (AvgIpc) is 2.54. The minimum atomic E-state index is -0.00868. The Hall–Kier alpha value is -1.09. The van der Waals surface area contributed by atoms with E-state index in [1.54, 1.807) is 6.07 Å². The second-order valence-corrected chi connectivity index (χ2v) is 3.92. The third-order valence-corrected chi connectivity index (χ3v) is 2.79. The zero-order valence-electron chi connectivity index (χ0n) is 7.76. The van der Waals surface area contributed by atoms with Crippen molar-refractivity contribution in [3.05, 3.63) is 34.2 Å². The lowest BCUT2D eigenvalue weighted by atomic mass is 9.86. The molecule has 2 heterocycles. The van der Waals surface area contributed by atoms with Crippen molar-refractivity contribution in [1.82, 2.24) is 10.3 Å². The molecule has 13 heavy (non-hydrogen) atoms. The lowest BCUT2D eigenvalue weighted by Crippen LogP contribution is -2.28. The number of hydrogen-bond donors (Lipinski definition) is 2. The van der Waals surface area contributed by atoms with Crippen molar-refractivity contribution < 1.29 is 0 Å². The van der Waals surface area contributed by atoms with Crippen LogP contribution in [-0.2, 0) is 5.41 Å². The first-order valence-electron chi connectivity index (χ1n) is 4.61. The average molecular weight is 178 g/mol. The van der Waals surface area contributed by atoms with Crippen LogP contribution >= 0.6 is 0 Å². The molecule has 1 aliphatic rings. The molecule has 2 N–H and O–H groups in total. The van der Waals surface area contributed by atoms with Gasteiger partial charge in [-0.1, -0.05) is 13.0 Å². The van der Waals surface area contributed by atoms with Crippen LogP contribution in [0.1, 0.15) is 19.0 Å². The third-order valence-electron chi connectivity index (χ3n) is 2.79. The standard InChI is InChI=1S/C10H14N2O/c1-10(5-6-11-7-10)8-3-2-4-9(13)12-8/h2-4,11H,5-7H2,1H3,(H,12,13). The molecule has 1 fully saturated rings. The maximum atomic E-state index is 11.1. The first-order chi connectivity index (χ1) is 6.21. The fourth-order valence-electron chi connectivity index (χ4n) is 1.85. The van der Waals surface area contributed by atoms with E-state index in [0.717, 1.165) is 25.2 Å². The van der Waals surface area contributed by atoms with Gasteiger partial charge < -0.3 is 10.3 Å². The second kappa shape index (κ2) is 3.00. The van der Waals surface area contributed by atoms with Crippen molar-refractivity contribution in [2.24, 2.45) is 0 Å². The molecule has 3 nitrogen and oxygen atoms in total. The summed E-state index contributed by atoms with van der Waals surface area (Å²) in [5.74, 6) is 0. The van der Waals surface area contributed by atoms with Crippen molar-refractivity contribution in [3.8, 4) is 0 Å². The Morgan fingerprint density at radius 3 is 2.92 bits per heavy atom. The van der Waals surface area contributed by atoms with Gasteiger partial charge >= 0.3 is 0 Å². The predicted molar refractivity (Wildman–Crippen MR) is 51.9 cm³/mol. The van der Waals surface area contributed by atoms with Crippen molar-refractivity contribution in [2.45, 2.75) is 18.8 Å². The monoisotopic (exact) mass is 178 g/mol. The number of hydrogen-bond acceptors (Lipinski definition) is 2. The molecular formula is C10H14N2O. The highest BCUT2D eigenvalue weighted by Crippen LogP contribution is 2.27. The first kappa shape index (κ1) is 8.51. The van der Waals surface area contributed by atoms with Gasteiger partial charge in [0.05, 0.1) is 0 Å². The summed E-state index contributed by atoms with van der Waals surface area (Å²) in [7, 11) is 0. The van der Waals surface area contributed by atoms with Gasteiger partial charge in [-0.2, -0.15) is 0 Å². The van der Waals surface area contributed by atoms with Crippen LogP contribution in [0.5, 0.6) is 0 Å². The lowest BCUT2D eigenvalue weighted by Gasteiger charge is -2.22. The molecule has 0 spiro atoms. The molecule has 1 atom stereocenters. The molecule has 1 aliphatic heterocycles. The molecule has 0 amide bonds. The van der Waals surface area contributed by atoms with Crippen molar-refractivity contribution in [3.63, 3.8) is 0 Å². The van der Waals surface area contributed by atoms with Gasteiger partial charge in [0.2, 0.25) is 5.56 Å². The molecule has 1 saturated heterocycles. The molecule has 3 heteroatoms. The molecule has 1 aromatic rings. The summed E-state index contributed by atoms with van der Waals surface area (Å²) in [6, 6.07) is 5.36. The van der Waals surface area contributed by atoms with E-state index < -0.39 is 0 Å². The zero-order chi connectivity index (χ0) is 9.31. The van der Waals surface area contributed by atoms with E-state index in [2.05, 4.69) is 17.2 Å². The molecule has 0 bridgehead atoms. The summed E-state index contributed by atoms with van der Waals surface area (Å²) in [6.45, 7) is 4.17. The van der Waals surface area contributed by atoms with Crippen molar-refractivity contribution in [1.29, 1.82) is 0 Å². The maximum Gasteiger partial charge on any atom is 0.248 e. The number of aromatic nitrogens is 1. The highest BCUT2D eigenvalue weighted by molar-refractivity contribution is 5.18. The summed E-state index contributed by atoms with van der Waals surface area (Å²) in [6.07, 6.45) is 1.09. The molecule has 2 rings (SSSR count). The summed E-state index contributed by atoms with van der Waals surface area (Å²) >= 11 is 0. The van der Waals surface area contributed by atoms with Crippen LogP contribution in [-0.4, -0.2) is 18.1 Å². The van der Waals surface area contributed by atoms with Gasteiger partial charge in [-0.25, -0.2) is 0 Å². The zero-order valence-corrected chi connectivity index (χ0v) is 7.76. The molecule has 1 aromatic heterocycles. The van der Waals surface area contributed by atoms with Crippen molar-refractivity contribution >= 4 is 0 Å². The van der Waals surface area contributed by atoms with E-state index >= 15 is 0 Å². The molecule has 0 radical (unpaired) electrons. The van der Waals surface area contributed by atoms with Gasteiger partial charge in [0.25, 0.3) is 0 Å². The number of pyridine rings is 1. The molecule has 0 saturated carbocycles. The maximum absolute atomic E-state index is 11.1. The fourth-order valence-corrected chi connectivity index (χ4v) is 1.85. The van der Waals surface area contributed by atoms with Crippen LogP contribution < -0.4 is 10.9 Å². The van der Waals surface area contributed by atoms with Crippen LogP contribution in [0.3, 0.4) is 0 Å². The van der Waals surface area contributed by atoms with Gasteiger partial charge in [0.15, 0.2) is 0 Å². The summed E-state index contributed by atoms with van der Waals surface area (Å²) < 4.78 is 0. The van der Waals surface area contributed by atoms with E-state index in [9.17, 15) is 4.79 Å². The van der Waals surface area contributed by atoms with Crippen molar-refractivity contribution in [2.75, 3.05) is 13.1 Å². The van der Waals surface area contributed by atoms with E-state index in [0.29, 0.717) is 0 Å². The molecular weight excluding hydrogens is 164 g/mol. The quantitative estimate of drug-likeness (QED) is 0.662. The fraction of sp³-hybridized carbons (Fsp3) is 0.500. The number of rotatable bonds is 1. The summed E-state index contributed by atoms with van der Waals surface area (Å²) in [4.78, 5) is 14.0. The Morgan fingerprint density at radius 2 is 2.31 bits per heavy atom. The van der Waals surface area contributed by atoms with E-state index in [1.807, 2.05) is 12.1 Å². The van der Waals surface area contributed by atoms with Crippen LogP contribution in [0.25, 0.3) is 0 Å². The Balaban J connectivity index is 2.39. The van der Waals surface area contributed by atoms with Crippen LogP contribution in [0.15, 0.2) is 23.0 Å². The largest absolute Gasteiger partial charge is 0.326 e. The predicted octanol–water partition coefficient (Wildman–Crippen LogP) is 0.626. The summed E-state index contributed by atoms with van der Waals surface area (Å²) in [5.41, 5.74) is 1.15. The normalized spacial score (nSPS) is 27.8. The topological polar surface area (TPSA) is 44.9 Å². The molecule has 0 aromatic carbocycles. The first-order valence-corrected chi connectivity index (χ1v) is 4.61. The Kier molecular flexibility index (Phi) is 1.96. The number of H-pyrrole nitrogens is 1. The van der Waals surface area contributed by atoms with E-state index in [4.69, 9.17) is 0 Å². The van der Waals surface area contributed by atoms with Crippen LogP contribution in [0.2, 0.25) is 0 Å². The van der Waals surface area contributed by atoms with Gasteiger partial charge in [0, 0.05) is 23.7 Å². The minimum absolute atomic E-state index is 0.00868. The Bertz CT molecular complexity index is 350. The third kappa shape index (κ3) is 1.52. The molecule has 1 unspecified atom stereocenters. The smallest absolute Gasteiger partial charge is 0.248 e. The summed E-state index contributed by atoms with van der Waals surface area (Å²) in [5, 5.41) is 3.31. The molecule has 70 valence electrons. The minimum Gasteiger partial charge on any atom is -0.326 e. The Morgan fingerprint density at radius 1 is 1.46 bits per heavy atom.